The quantitative estimate of drug-likeness (QED) is 0.769. The third kappa shape index (κ3) is 4.24. The number of hydrogen-bond acceptors (Lipinski definition) is 4. The molecule has 0 aromatic heterocycles. The molecule has 0 saturated heterocycles. The van der Waals surface area contributed by atoms with E-state index in [1.54, 1.807) is 7.11 Å². The fourth-order valence-corrected chi connectivity index (χ4v) is 2.02. The minimum Gasteiger partial charge on any atom is -0.496 e. The van der Waals surface area contributed by atoms with Crippen LogP contribution in [0.5, 0.6) is 5.75 Å². The van der Waals surface area contributed by atoms with Gasteiger partial charge in [0.25, 0.3) is 0 Å². The van der Waals surface area contributed by atoms with Gasteiger partial charge in [-0.2, -0.15) is 0 Å². The number of esters is 1. The Morgan fingerprint density at radius 2 is 2.11 bits per heavy atom. The Bertz CT molecular complexity index is 415. The number of methoxy groups -OCH3 is 1. The molecule has 1 rings (SSSR count). The number of carbonyl (C=O) groups excluding carboxylic acids is 1. The number of aliphatic hydroxyl groups excluding tert-OH is 1. The lowest BCUT2D eigenvalue weighted by atomic mass is 9.95. The Morgan fingerprint density at radius 3 is 2.63 bits per heavy atom. The van der Waals surface area contributed by atoms with Gasteiger partial charge in [-0.05, 0) is 37.5 Å². The van der Waals surface area contributed by atoms with Gasteiger partial charge < -0.3 is 14.6 Å². The summed E-state index contributed by atoms with van der Waals surface area (Å²) in [6.07, 6.45) is 1.35. The standard InChI is InChI=1S/C15H22O4/c1-4-12(15(17)19-5-2)8-11-6-7-14(18-3)13(9-11)10-16/h6-7,9,12,16H,4-5,8,10H2,1-3H3. The molecule has 19 heavy (non-hydrogen) atoms. The van der Waals surface area contributed by atoms with Crippen LogP contribution in [0.1, 0.15) is 31.4 Å². The van der Waals surface area contributed by atoms with Crippen LogP contribution in [0.2, 0.25) is 0 Å². The monoisotopic (exact) mass is 266 g/mol. The lowest BCUT2D eigenvalue weighted by molar-refractivity contribution is -0.148. The summed E-state index contributed by atoms with van der Waals surface area (Å²) in [5.74, 6) is 0.363. The van der Waals surface area contributed by atoms with E-state index in [0.717, 1.165) is 17.5 Å². The highest BCUT2D eigenvalue weighted by Gasteiger charge is 2.18. The predicted molar refractivity (Wildman–Crippen MR) is 73.0 cm³/mol. The second-order valence-corrected chi connectivity index (χ2v) is 4.37. The Kier molecular flexibility index (Phi) is 6.36. The van der Waals surface area contributed by atoms with Crippen molar-refractivity contribution in [3.05, 3.63) is 29.3 Å². The summed E-state index contributed by atoms with van der Waals surface area (Å²) in [7, 11) is 1.57. The number of aliphatic hydroxyl groups is 1. The normalized spacial score (nSPS) is 12.0. The molecule has 1 aromatic carbocycles. The molecular weight excluding hydrogens is 244 g/mol. The molecular formula is C15H22O4. The summed E-state index contributed by atoms with van der Waals surface area (Å²) in [5.41, 5.74) is 1.74. The number of hydrogen-bond donors (Lipinski definition) is 1. The van der Waals surface area contributed by atoms with Crippen molar-refractivity contribution in [2.24, 2.45) is 5.92 Å². The van der Waals surface area contributed by atoms with Gasteiger partial charge in [0.05, 0.1) is 26.2 Å². The minimum absolute atomic E-state index is 0.0762. The smallest absolute Gasteiger partial charge is 0.309 e. The first kappa shape index (κ1) is 15.5. The van der Waals surface area contributed by atoms with Crippen molar-refractivity contribution in [3.8, 4) is 5.75 Å². The maximum atomic E-state index is 11.8. The molecule has 0 amide bonds. The SMILES string of the molecule is CCOC(=O)C(CC)Cc1ccc(OC)c(CO)c1. The highest BCUT2D eigenvalue weighted by molar-refractivity contribution is 5.72. The van der Waals surface area contributed by atoms with E-state index in [1.165, 1.54) is 0 Å². The first-order chi connectivity index (χ1) is 9.15. The largest absolute Gasteiger partial charge is 0.496 e. The summed E-state index contributed by atoms with van der Waals surface area (Å²) in [4.78, 5) is 11.8. The van der Waals surface area contributed by atoms with Crippen molar-refractivity contribution in [1.82, 2.24) is 0 Å². The number of benzene rings is 1. The maximum absolute atomic E-state index is 11.8. The molecule has 0 saturated carbocycles. The van der Waals surface area contributed by atoms with Crippen molar-refractivity contribution in [1.29, 1.82) is 0 Å². The summed E-state index contributed by atoms with van der Waals surface area (Å²) in [6, 6.07) is 5.61. The van der Waals surface area contributed by atoms with Crippen molar-refractivity contribution >= 4 is 5.97 Å². The fourth-order valence-electron chi connectivity index (χ4n) is 2.02. The third-order valence-electron chi connectivity index (χ3n) is 3.11. The molecule has 0 aliphatic carbocycles. The van der Waals surface area contributed by atoms with Crippen LogP contribution in [0.15, 0.2) is 18.2 Å². The summed E-state index contributed by atoms with van der Waals surface area (Å²) < 4.78 is 10.2. The Morgan fingerprint density at radius 1 is 1.37 bits per heavy atom. The van der Waals surface area contributed by atoms with E-state index >= 15 is 0 Å². The molecule has 1 unspecified atom stereocenters. The average Bonchev–Trinajstić information content (AvgIpc) is 2.44. The molecule has 106 valence electrons. The van der Waals surface area contributed by atoms with Crippen LogP contribution in [0, 0.1) is 5.92 Å². The third-order valence-corrected chi connectivity index (χ3v) is 3.11. The highest BCUT2D eigenvalue weighted by atomic mass is 16.5. The van der Waals surface area contributed by atoms with Gasteiger partial charge in [-0.3, -0.25) is 4.79 Å². The lowest BCUT2D eigenvalue weighted by Crippen LogP contribution is -2.19. The zero-order valence-corrected chi connectivity index (χ0v) is 11.8. The molecule has 1 aromatic rings. The number of ether oxygens (including phenoxy) is 2. The molecule has 0 aliphatic heterocycles. The van der Waals surface area contributed by atoms with Crippen LogP contribution < -0.4 is 4.74 Å². The molecule has 0 radical (unpaired) electrons. The van der Waals surface area contributed by atoms with Crippen LogP contribution in [0.4, 0.5) is 0 Å². The van der Waals surface area contributed by atoms with E-state index in [1.807, 2.05) is 32.0 Å². The van der Waals surface area contributed by atoms with Gasteiger partial charge in [0.1, 0.15) is 5.75 Å². The van der Waals surface area contributed by atoms with Crippen molar-refractivity contribution < 1.29 is 19.4 Å². The van der Waals surface area contributed by atoms with Crippen LogP contribution in [0.25, 0.3) is 0 Å². The Labute approximate surface area is 114 Å². The van der Waals surface area contributed by atoms with Gasteiger partial charge in [-0.1, -0.05) is 13.0 Å². The summed E-state index contributed by atoms with van der Waals surface area (Å²) >= 11 is 0. The van der Waals surface area contributed by atoms with Crippen molar-refractivity contribution in [3.63, 3.8) is 0 Å². The van der Waals surface area contributed by atoms with Crippen molar-refractivity contribution in [2.75, 3.05) is 13.7 Å². The second kappa shape index (κ2) is 7.79. The molecule has 0 aliphatic rings. The second-order valence-electron chi connectivity index (χ2n) is 4.37. The molecule has 1 atom stereocenters. The Hall–Kier alpha value is -1.55. The first-order valence-corrected chi connectivity index (χ1v) is 6.59. The van der Waals surface area contributed by atoms with Gasteiger partial charge >= 0.3 is 5.97 Å². The van der Waals surface area contributed by atoms with Crippen LogP contribution in [-0.4, -0.2) is 24.8 Å². The number of carbonyl (C=O) groups is 1. The molecule has 4 heteroatoms. The topological polar surface area (TPSA) is 55.8 Å². The minimum atomic E-state index is -0.161. The van der Waals surface area contributed by atoms with Gasteiger partial charge in [-0.15, -0.1) is 0 Å². The van der Waals surface area contributed by atoms with E-state index in [-0.39, 0.29) is 18.5 Å². The molecule has 0 heterocycles. The molecule has 0 fully saturated rings. The molecule has 0 spiro atoms. The Balaban J connectivity index is 2.82. The van der Waals surface area contributed by atoms with E-state index in [2.05, 4.69) is 0 Å². The van der Waals surface area contributed by atoms with Crippen LogP contribution in [0.3, 0.4) is 0 Å². The average molecular weight is 266 g/mol. The van der Waals surface area contributed by atoms with Crippen LogP contribution >= 0.6 is 0 Å². The van der Waals surface area contributed by atoms with Crippen LogP contribution in [-0.2, 0) is 22.6 Å². The highest BCUT2D eigenvalue weighted by Crippen LogP contribution is 2.22. The fraction of sp³-hybridized carbons (Fsp3) is 0.533. The number of rotatable bonds is 7. The van der Waals surface area contributed by atoms with E-state index in [4.69, 9.17) is 9.47 Å². The van der Waals surface area contributed by atoms with Gasteiger partial charge in [0.2, 0.25) is 0 Å². The molecule has 4 nitrogen and oxygen atoms in total. The predicted octanol–water partition coefficient (Wildman–Crippen LogP) is 2.32. The maximum Gasteiger partial charge on any atom is 0.309 e. The zero-order valence-electron chi connectivity index (χ0n) is 11.8. The van der Waals surface area contributed by atoms with Gasteiger partial charge in [0, 0.05) is 5.56 Å². The van der Waals surface area contributed by atoms with E-state index < -0.39 is 0 Å². The molecule has 0 bridgehead atoms. The van der Waals surface area contributed by atoms with Gasteiger partial charge in [-0.25, -0.2) is 0 Å². The zero-order chi connectivity index (χ0) is 14.3. The lowest BCUT2D eigenvalue weighted by Gasteiger charge is -2.15. The van der Waals surface area contributed by atoms with E-state index in [0.29, 0.717) is 18.8 Å². The van der Waals surface area contributed by atoms with Crippen molar-refractivity contribution in [2.45, 2.75) is 33.3 Å². The molecule has 1 N–H and O–H groups in total. The van der Waals surface area contributed by atoms with E-state index in [9.17, 15) is 9.90 Å². The van der Waals surface area contributed by atoms with Gasteiger partial charge in [0.15, 0.2) is 0 Å². The summed E-state index contributed by atoms with van der Waals surface area (Å²) in [6.45, 7) is 4.10. The first-order valence-electron chi connectivity index (χ1n) is 6.59. The summed E-state index contributed by atoms with van der Waals surface area (Å²) in [5, 5.41) is 9.29.